The summed E-state index contributed by atoms with van der Waals surface area (Å²) in [4.78, 5) is 12.0. The van der Waals surface area contributed by atoms with Gasteiger partial charge in [-0.1, -0.05) is 11.6 Å². The minimum Gasteiger partial charge on any atom is -0.372 e. The average Bonchev–Trinajstić information content (AvgIpc) is 3.25. The number of aryl methyl sites for hydroxylation is 1. The zero-order valence-corrected chi connectivity index (χ0v) is 16.8. The van der Waals surface area contributed by atoms with E-state index in [4.69, 9.17) is 17.3 Å². The van der Waals surface area contributed by atoms with Crippen molar-refractivity contribution in [2.24, 2.45) is 12.8 Å². The van der Waals surface area contributed by atoms with Crippen LogP contribution in [0.15, 0.2) is 24.5 Å². The van der Waals surface area contributed by atoms with E-state index < -0.39 is 27.2 Å². The Kier molecular flexibility index (Phi) is 4.80. The van der Waals surface area contributed by atoms with Crippen LogP contribution in [0.4, 0.5) is 5.69 Å². The summed E-state index contributed by atoms with van der Waals surface area (Å²) in [5, 5.41) is 10.3. The third-order valence-corrected chi connectivity index (χ3v) is 7.87. The van der Waals surface area contributed by atoms with Crippen LogP contribution in [0, 0.1) is 0 Å². The fourth-order valence-corrected chi connectivity index (χ4v) is 6.42. The molecule has 0 radical (unpaired) electrons. The second kappa shape index (κ2) is 7.02. The van der Waals surface area contributed by atoms with E-state index in [0.717, 1.165) is 12.2 Å². The molecule has 4 rings (SSSR count). The van der Waals surface area contributed by atoms with Gasteiger partial charge in [-0.25, -0.2) is 12.7 Å². The van der Waals surface area contributed by atoms with Gasteiger partial charge in [0.1, 0.15) is 23.4 Å². The van der Waals surface area contributed by atoms with Crippen LogP contribution >= 0.6 is 11.6 Å². The normalized spacial score (nSPS) is 25.3. The van der Waals surface area contributed by atoms with Gasteiger partial charge in [0.2, 0.25) is 15.9 Å². The number of nitrogens with two attached hydrogens (primary N) is 1. The number of fused-ring (bicyclic) bond motifs is 1. The lowest BCUT2D eigenvalue weighted by molar-refractivity contribution is -0.118. The van der Waals surface area contributed by atoms with Crippen molar-refractivity contribution in [2.75, 3.05) is 18.4 Å². The molecular formula is C17H21ClN6O3S. The molecule has 3 atom stereocenters. The number of halogens is 1. The second-order valence-corrected chi connectivity index (χ2v) is 9.71. The van der Waals surface area contributed by atoms with E-state index in [9.17, 15) is 13.2 Å². The number of amides is 1. The molecule has 0 spiro atoms. The van der Waals surface area contributed by atoms with Gasteiger partial charge in [0, 0.05) is 36.8 Å². The van der Waals surface area contributed by atoms with Crippen molar-refractivity contribution in [1.82, 2.24) is 19.1 Å². The number of carbonyl (C=O) groups is 1. The predicted octanol–water partition coefficient (Wildman–Crippen LogP) is 0.998. The van der Waals surface area contributed by atoms with Crippen LogP contribution < -0.4 is 11.1 Å². The van der Waals surface area contributed by atoms with Crippen LogP contribution in [0.3, 0.4) is 0 Å². The fourth-order valence-electron chi connectivity index (χ4n) is 4.08. The molecule has 2 aliphatic rings. The number of anilines is 1. The van der Waals surface area contributed by atoms with Gasteiger partial charge in [-0.15, -0.1) is 10.2 Å². The maximum Gasteiger partial charge on any atom is 0.241 e. The summed E-state index contributed by atoms with van der Waals surface area (Å²) in [6.45, 7) is 0.668. The maximum absolute atomic E-state index is 13.6. The molecule has 1 amide bonds. The molecule has 0 aliphatic carbocycles. The average molecular weight is 425 g/mol. The van der Waals surface area contributed by atoms with Crippen molar-refractivity contribution in [1.29, 1.82) is 0 Å². The first kappa shape index (κ1) is 19.2. The largest absolute Gasteiger partial charge is 0.372 e. The van der Waals surface area contributed by atoms with Gasteiger partial charge in [0.05, 0.1) is 0 Å². The lowest BCUT2D eigenvalue weighted by atomic mass is 9.99. The van der Waals surface area contributed by atoms with Gasteiger partial charge < -0.3 is 15.6 Å². The number of hydrogen-bond acceptors (Lipinski definition) is 6. The molecule has 9 nitrogen and oxygen atoms in total. The van der Waals surface area contributed by atoms with E-state index in [0.29, 0.717) is 29.2 Å². The zero-order valence-electron chi connectivity index (χ0n) is 15.2. The highest BCUT2D eigenvalue weighted by Gasteiger charge is 2.48. The highest BCUT2D eigenvalue weighted by molar-refractivity contribution is 7.89. The van der Waals surface area contributed by atoms with Crippen molar-refractivity contribution in [3.63, 3.8) is 0 Å². The van der Waals surface area contributed by atoms with E-state index in [1.54, 1.807) is 29.1 Å². The summed E-state index contributed by atoms with van der Waals surface area (Å²) < 4.78 is 30.4. The molecule has 1 fully saturated rings. The third-order valence-electron chi connectivity index (χ3n) is 5.42. The molecule has 3 heterocycles. The first-order chi connectivity index (χ1) is 13.3. The monoisotopic (exact) mass is 424 g/mol. The van der Waals surface area contributed by atoms with E-state index in [1.165, 1.54) is 4.31 Å². The Bertz CT molecular complexity index is 1020. The number of aromatic nitrogens is 3. The smallest absolute Gasteiger partial charge is 0.241 e. The zero-order chi connectivity index (χ0) is 20.1. The number of nitrogens with one attached hydrogen (secondary N) is 1. The third kappa shape index (κ3) is 3.15. The second-order valence-electron chi connectivity index (χ2n) is 7.22. The Labute approximate surface area is 167 Å². The van der Waals surface area contributed by atoms with Crippen LogP contribution in [0.25, 0.3) is 0 Å². The Morgan fingerprint density at radius 2 is 2.18 bits per heavy atom. The molecule has 3 N–H and O–H groups in total. The Hall–Kier alpha value is -2.17. The molecule has 0 saturated carbocycles. The van der Waals surface area contributed by atoms with Crippen molar-refractivity contribution in [2.45, 2.75) is 30.1 Å². The molecule has 2 aliphatic heterocycles. The lowest BCUT2D eigenvalue weighted by Gasteiger charge is -2.34. The number of hydrogen-bond donors (Lipinski definition) is 2. The minimum atomic E-state index is -3.87. The highest BCUT2D eigenvalue weighted by atomic mass is 35.5. The summed E-state index contributed by atoms with van der Waals surface area (Å²) in [7, 11) is -2.03. The number of primary amides is 1. The van der Waals surface area contributed by atoms with Gasteiger partial charge in [0.15, 0.2) is 0 Å². The van der Waals surface area contributed by atoms with E-state index in [-0.39, 0.29) is 12.5 Å². The minimum absolute atomic E-state index is 0.0590. The van der Waals surface area contributed by atoms with Gasteiger partial charge in [-0.05, 0) is 36.6 Å². The van der Waals surface area contributed by atoms with Crippen LogP contribution in [0.5, 0.6) is 0 Å². The van der Waals surface area contributed by atoms with Crippen LogP contribution in [0.2, 0.25) is 5.02 Å². The number of carbonyl (C=O) groups excluding carboxylic acids is 1. The number of piperidine rings is 1. The van der Waals surface area contributed by atoms with Crippen LogP contribution in [0.1, 0.15) is 35.4 Å². The molecular weight excluding hydrogens is 404 g/mol. The summed E-state index contributed by atoms with van der Waals surface area (Å²) in [5.74, 6) is -0.0293. The molecule has 2 aromatic rings. The number of rotatable bonds is 4. The first-order valence-corrected chi connectivity index (χ1v) is 10.9. The molecule has 1 aromatic heterocycles. The standard InChI is InChI=1S/C17H21ClN6O3S/c1-23-9-20-22-17(23)10-3-2-6-24(8-10)28(26,27)15-12-7-11(18)4-5-13(12)21-14(15)16(19)25/h4-5,7,9-10,14-15,21H,2-3,6,8H2,1H3,(H2,19,25). The topological polar surface area (TPSA) is 123 Å². The van der Waals surface area contributed by atoms with Crippen molar-refractivity contribution in [3.8, 4) is 0 Å². The Morgan fingerprint density at radius 3 is 2.86 bits per heavy atom. The molecule has 3 unspecified atom stereocenters. The highest BCUT2D eigenvalue weighted by Crippen LogP contribution is 2.43. The maximum atomic E-state index is 13.6. The predicted molar refractivity (Wildman–Crippen MR) is 104 cm³/mol. The molecule has 28 heavy (non-hydrogen) atoms. The molecule has 1 saturated heterocycles. The molecule has 11 heteroatoms. The number of nitrogens with zero attached hydrogens (tertiary/aromatic N) is 4. The van der Waals surface area contributed by atoms with Gasteiger partial charge >= 0.3 is 0 Å². The van der Waals surface area contributed by atoms with E-state index in [1.807, 2.05) is 7.05 Å². The fraction of sp³-hybridized carbons (Fsp3) is 0.471. The number of sulfonamides is 1. The molecule has 1 aromatic carbocycles. The number of benzene rings is 1. The van der Waals surface area contributed by atoms with Crippen LogP contribution in [-0.4, -0.2) is 52.5 Å². The van der Waals surface area contributed by atoms with Crippen molar-refractivity contribution < 1.29 is 13.2 Å². The van der Waals surface area contributed by atoms with Crippen LogP contribution in [-0.2, 0) is 21.9 Å². The lowest BCUT2D eigenvalue weighted by Crippen LogP contribution is -2.47. The SMILES string of the molecule is Cn1cnnc1C1CCCN(S(=O)(=O)C2c3cc(Cl)ccc3NC2C(N)=O)C1. The Balaban J connectivity index is 1.69. The quantitative estimate of drug-likeness (QED) is 0.754. The van der Waals surface area contributed by atoms with Crippen molar-refractivity contribution in [3.05, 3.63) is 40.9 Å². The van der Waals surface area contributed by atoms with Crippen molar-refractivity contribution >= 4 is 33.2 Å². The van der Waals surface area contributed by atoms with E-state index >= 15 is 0 Å². The first-order valence-electron chi connectivity index (χ1n) is 8.97. The summed E-state index contributed by atoms with van der Waals surface area (Å²) in [6, 6.07) is 3.85. The summed E-state index contributed by atoms with van der Waals surface area (Å²) in [6.07, 6.45) is 3.12. The van der Waals surface area contributed by atoms with Gasteiger partial charge in [-0.3, -0.25) is 4.79 Å². The molecule has 0 bridgehead atoms. The van der Waals surface area contributed by atoms with Gasteiger partial charge in [-0.2, -0.15) is 0 Å². The summed E-state index contributed by atoms with van der Waals surface area (Å²) >= 11 is 6.09. The van der Waals surface area contributed by atoms with Gasteiger partial charge in [0.25, 0.3) is 0 Å². The molecule has 150 valence electrons. The summed E-state index contributed by atoms with van der Waals surface area (Å²) in [5.41, 5.74) is 6.55. The Morgan fingerprint density at radius 1 is 1.39 bits per heavy atom. The van der Waals surface area contributed by atoms with E-state index in [2.05, 4.69) is 15.5 Å².